The Labute approximate surface area is 213 Å². The van der Waals surface area contributed by atoms with Gasteiger partial charge in [0.1, 0.15) is 23.7 Å². The molecule has 1 fully saturated rings. The molecular weight excluding hydrogens is 442 g/mol. The molecule has 0 saturated carbocycles. The van der Waals surface area contributed by atoms with Gasteiger partial charge in [0.05, 0.1) is 0 Å². The number of benzene rings is 1. The normalized spacial score (nSPS) is 14.1. The molecule has 1 aromatic carbocycles. The van der Waals surface area contributed by atoms with E-state index in [2.05, 4.69) is 22.6 Å². The molecule has 0 radical (unpaired) electrons. The van der Waals surface area contributed by atoms with Crippen molar-refractivity contribution >= 4 is 18.1 Å². The monoisotopic (exact) mass is 489 g/mol. The molecule has 0 aliphatic carbocycles. The van der Waals surface area contributed by atoms with Crippen LogP contribution < -0.4 is 15.4 Å². The highest BCUT2D eigenvalue weighted by atomic mass is 16.6. The molecule has 1 aliphatic heterocycles. The maximum Gasteiger partial charge on any atom is 0.410 e. The molecule has 198 valence electrons. The average molecular weight is 490 g/mol. The zero-order chi connectivity index (χ0) is 26.9. The number of anilines is 1. The van der Waals surface area contributed by atoms with Gasteiger partial charge in [0, 0.05) is 57.2 Å². The average Bonchev–Trinajstić information content (AvgIpc) is 2.83. The third-order valence-electron chi connectivity index (χ3n) is 5.12. The van der Waals surface area contributed by atoms with E-state index in [4.69, 9.17) is 9.47 Å². The lowest BCUT2D eigenvalue weighted by Gasteiger charge is -2.33. The fourth-order valence-electron chi connectivity index (χ4n) is 3.07. The van der Waals surface area contributed by atoms with Crippen molar-refractivity contribution in [2.45, 2.75) is 79.9 Å². The first kappa shape index (κ1) is 32.1. The number of carbonyl (C=O) groups excluding carboxylic acids is 2. The quantitative estimate of drug-likeness (QED) is 0.296. The molecule has 1 saturated heterocycles. The molecule has 1 aliphatic rings. The Hall–Kier alpha value is -2.88. The number of amides is 1. The zero-order valence-corrected chi connectivity index (χ0v) is 23.2. The second-order valence-corrected chi connectivity index (χ2v) is 9.36. The molecule has 1 heterocycles. The number of likely N-dealkylation sites (tertiary alicyclic amines) is 1. The summed E-state index contributed by atoms with van der Waals surface area (Å²) in [5.74, 6) is 4.05. The molecule has 1 amide bonds. The van der Waals surface area contributed by atoms with Crippen LogP contribution in [0.25, 0.3) is 0 Å². The highest BCUT2D eigenvalue weighted by Crippen LogP contribution is 2.22. The fraction of sp³-hybridized carbons (Fsp3) is 0.643. The lowest BCUT2D eigenvalue weighted by molar-refractivity contribution is -0.112. The molecule has 0 spiro atoms. The molecule has 1 unspecified atom stereocenters. The van der Waals surface area contributed by atoms with Gasteiger partial charge in [-0.15, -0.1) is 0 Å². The van der Waals surface area contributed by atoms with E-state index in [1.807, 2.05) is 79.8 Å². The van der Waals surface area contributed by atoms with E-state index in [0.29, 0.717) is 25.6 Å². The predicted molar refractivity (Wildman–Crippen MR) is 145 cm³/mol. The molecule has 0 bridgehead atoms. The van der Waals surface area contributed by atoms with Crippen molar-refractivity contribution in [2.24, 2.45) is 11.8 Å². The molecule has 7 heteroatoms. The largest absolute Gasteiger partial charge is 0.490 e. The van der Waals surface area contributed by atoms with Crippen LogP contribution >= 0.6 is 0 Å². The Balaban J connectivity index is 0.000000754. The van der Waals surface area contributed by atoms with E-state index in [-0.39, 0.29) is 18.1 Å². The van der Waals surface area contributed by atoms with E-state index < -0.39 is 5.60 Å². The van der Waals surface area contributed by atoms with E-state index in [0.717, 1.165) is 30.6 Å². The summed E-state index contributed by atoms with van der Waals surface area (Å²) >= 11 is 0. The van der Waals surface area contributed by atoms with Crippen LogP contribution in [0.2, 0.25) is 0 Å². The van der Waals surface area contributed by atoms with Crippen LogP contribution in [0.5, 0.6) is 5.75 Å². The van der Waals surface area contributed by atoms with Crippen LogP contribution in [0.4, 0.5) is 10.5 Å². The lowest BCUT2D eigenvalue weighted by Crippen LogP contribution is -2.44. The van der Waals surface area contributed by atoms with Crippen molar-refractivity contribution < 1.29 is 19.1 Å². The molecular formula is C28H47N3O4. The van der Waals surface area contributed by atoms with Crippen LogP contribution in [0, 0.1) is 23.8 Å². The third kappa shape index (κ3) is 14.2. The van der Waals surface area contributed by atoms with Gasteiger partial charge in [-0.05, 0) is 57.9 Å². The first-order valence-corrected chi connectivity index (χ1v) is 12.6. The molecule has 2 rings (SSSR count). The molecule has 7 nitrogen and oxygen atoms in total. The molecule has 1 atom stereocenters. The topological polar surface area (TPSA) is 79.9 Å². The third-order valence-corrected chi connectivity index (χ3v) is 5.12. The summed E-state index contributed by atoms with van der Waals surface area (Å²) in [5.41, 5.74) is 0.617. The van der Waals surface area contributed by atoms with Gasteiger partial charge in [-0.25, -0.2) is 4.79 Å². The smallest absolute Gasteiger partial charge is 0.410 e. The van der Waals surface area contributed by atoms with Crippen molar-refractivity contribution in [3.8, 4) is 17.7 Å². The van der Waals surface area contributed by atoms with Gasteiger partial charge in [0.15, 0.2) is 0 Å². The number of carbonyl (C=O) groups is 2. The van der Waals surface area contributed by atoms with Crippen LogP contribution in [0.3, 0.4) is 0 Å². The first-order chi connectivity index (χ1) is 16.6. The summed E-state index contributed by atoms with van der Waals surface area (Å²) in [4.78, 5) is 24.2. The number of piperidine rings is 1. The standard InChI is InChI=1S/C17H26N2O3.C9H15NO.C2H6/c1-17(2,3)22-16(20)19-11-9-15(10-12-19)21-14-7-5-13(18-4)6-8-14;1-4-5-10-6-9(7-11)8(2)3;1-2/h5-8,15,18H,9-12H2,1-4H3;7-10H,6H2,1-3H3;1-2H3. The van der Waals surface area contributed by atoms with Gasteiger partial charge in [-0.2, -0.15) is 0 Å². The van der Waals surface area contributed by atoms with E-state index in [9.17, 15) is 9.59 Å². The SMILES string of the molecule is CC.CC#CNCC(C=O)C(C)C.CNc1ccc(OC2CCN(C(=O)OC(C)(C)C)CC2)cc1. The summed E-state index contributed by atoms with van der Waals surface area (Å²) in [6.45, 7) is 17.5. The van der Waals surface area contributed by atoms with Gasteiger partial charge in [-0.1, -0.05) is 33.6 Å². The number of ether oxygens (including phenoxy) is 2. The second kappa shape index (κ2) is 17.5. The molecule has 0 aromatic heterocycles. The Morgan fingerprint density at radius 3 is 2.17 bits per heavy atom. The summed E-state index contributed by atoms with van der Waals surface area (Å²) in [5, 5.41) is 5.96. The van der Waals surface area contributed by atoms with Crippen LogP contribution in [-0.2, 0) is 9.53 Å². The summed E-state index contributed by atoms with van der Waals surface area (Å²) in [6.07, 6.45) is 2.55. The van der Waals surface area contributed by atoms with Gasteiger partial charge < -0.3 is 29.8 Å². The number of nitrogens with one attached hydrogen (secondary N) is 2. The molecule has 35 heavy (non-hydrogen) atoms. The minimum absolute atomic E-state index is 0.0795. The van der Waals surface area contributed by atoms with Gasteiger partial charge >= 0.3 is 6.09 Å². The van der Waals surface area contributed by atoms with E-state index >= 15 is 0 Å². The minimum Gasteiger partial charge on any atom is -0.490 e. The van der Waals surface area contributed by atoms with Crippen LogP contribution in [0.15, 0.2) is 24.3 Å². The summed E-state index contributed by atoms with van der Waals surface area (Å²) < 4.78 is 11.4. The van der Waals surface area contributed by atoms with Crippen molar-refractivity contribution in [2.75, 3.05) is 32.0 Å². The Kier molecular flexibility index (Phi) is 16.1. The van der Waals surface area contributed by atoms with Gasteiger partial charge in [-0.3, -0.25) is 0 Å². The number of hydrogen-bond donors (Lipinski definition) is 2. The number of nitrogens with zero attached hydrogens (tertiary/aromatic N) is 1. The number of rotatable bonds is 7. The Bertz CT molecular complexity index is 768. The maximum atomic E-state index is 12.0. The summed E-state index contributed by atoms with van der Waals surface area (Å²) in [7, 11) is 1.89. The van der Waals surface area contributed by atoms with Crippen LogP contribution in [-0.4, -0.2) is 55.7 Å². The van der Waals surface area contributed by atoms with Crippen molar-refractivity contribution in [1.82, 2.24) is 10.2 Å². The zero-order valence-electron chi connectivity index (χ0n) is 23.2. The Morgan fingerprint density at radius 2 is 1.74 bits per heavy atom. The molecule has 2 N–H and O–H groups in total. The Morgan fingerprint density at radius 1 is 1.17 bits per heavy atom. The highest BCUT2D eigenvalue weighted by molar-refractivity contribution is 5.68. The number of aldehydes is 1. The van der Waals surface area contributed by atoms with Crippen molar-refractivity contribution in [3.05, 3.63) is 24.3 Å². The predicted octanol–water partition coefficient (Wildman–Crippen LogP) is 5.56. The van der Waals surface area contributed by atoms with E-state index in [1.165, 1.54) is 0 Å². The fourth-order valence-corrected chi connectivity index (χ4v) is 3.07. The van der Waals surface area contributed by atoms with Crippen LogP contribution in [0.1, 0.15) is 68.2 Å². The van der Waals surface area contributed by atoms with Gasteiger partial charge in [0.2, 0.25) is 0 Å². The van der Waals surface area contributed by atoms with Crippen molar-refractivity contribution in [1.29, 1.82) is 0 Å². The summed E-state index contributed by atoms with van der Waals surface area (Å²) in [6, 6.07) is 10.6. The minimum atomic E-state index is -0.445. The second-order valence-electron chi connectivity index (χ2n) is 9.36. The number of hydrogen-bond acceptors (Lipinski definition) is 6. The van der Waals surface area contributed by atoms with Gasteiger partial charge in [0.25, 0.3) is 0 Å². The first-order valence-electron chi connectivity index (χ1n) is 12.6. The lowest BCUT2D eigenvalue weighted by atomic mass is 9.98. The van der Waals surface area contributed by atoms with E-state index in [1.54, 1.807) is 11.8 Å². The highest BCUT2D eigenvalue weighted by Gasteiger charge is 2.27. The maximum absolute atomic E-state index is 12.0. The van der Waals surface area contributed by atoms with Crippen molar-refractivity contribution in [3.63, 3.8) is 0 Å². The molecule has 1 aromatic rings.